The van der Waals surface area contributed by atoms with Crippen molar-refractivity contribution in [3.05, 3.63) is 60.4 Å². The quantitative estimate of drug-likeness (QED) is 0.110. The van der Waals surface area contributed by atoms with E-state index in [0.29, 0.717) is 32.4 Å². The van der Waals surface area contributed by atoms with Crippen molar-refractivity contribution in [3.63, 3.8) is 0 Å². The summed E-state index contributed by atoms with van der Waals surface area (Å²) < 4.78 is 56.2. The van der Waals surface area contributed by atoms with E-state index in [1.165, 1.54) is 14.0 Å². The number of β-amino-alcohol motifs (C(OH)–C–C–N with tert-alkyl or cyclic N) is 1. The number of esters is 4. The van der Waals surface area contributed by atoms with Gasteiger partial charge in [0.1, 0.15) is 36.8 Å². The van der Waals surface area contributed by atoms with Crippen LogP contribution in [0.15, 0.2) is 54.9 Å². The Morgan fingerprint density at radius 3 is 2.29 bits per heavy atom. The molecule has 3 fully saturated rings. The van der Waals surface area contributed by atoms with Gasteiger partial charge in [-0.3, -0.25) is 24.2 Å². The largest absolute Gasteiger partial charge is 0.462 e. The Morgan fingerprint density at radius 1 is 0.933 bits per heavy atom. The first-order valence-corrected chi connectivity index (χ1v) is 26.4. The zero-order valence-electron chi connectivity index (χ0n) is 45.7. The van der Waals surface area contributed by atoms with Crippen LogP contribution >= 0.6 is 0 Å². The van der Waals surface area contributed by atoms with Crippen molar-refractivity contribution in [2.24, 2.45) is 11.8 Å². The number of methoxy groups -OCH3 is 1. The Balaban J connectivity index is 1.45. The molecule has 75 heavy (non-hydrogen) atoms. The number of carbonyl (C=O) groups is 5. The standard InChI is InChI=1S/C56H83N3O16/c1-12-45(63)71-44-31-47(65)70-42(20-15-18-38-17-14-19-40(30-38)39-22-25-57-26-23-39)21-16-27-59(10)33-43(62)34(3)29-41(24-28-60)52(53(44)67-11)74-55-50(66)49(58(8)9)51(35(4)69-55)73-48-32-56(7,75-37(6)61)54(36(5)68-48)72-46(64)13-2/h14-15,17-19,22-23,25-26,28,30,34-36,41-44,48-55,62,66H,12-13,16,20-21,24,27,29,31-33H2,1-11H3/t34-,35?,36?,41+,42+,43+,44-,48+,49?,50?,51-,52+,53+,54+,55+,56?/m1/s1. The van der Waals surface area contributed by atoms with Crippen molar-refractivity contribution in [1.29, 1.82) is 0 Å². The zero-order valence-corrected chi connectivity index (χ0v) is 45.7. The molecule has 19 heteroatoms. The molecule has 0 saturated carbocycles. The highest BCUT2D eigenvalue weighted by Crippen LogP contribution is 2.39. The number of rotatable bonds is 17. The Kier molecular flexibility index (Phi) is 23.8. The normalized spacial score (nSPS) is 33.8. The number of aliphatic hydroxyl groups excluding tert-OH is 2. The van der Waals surface area contributed by atoms with Crippen molar-refractivity contribution in [2.75, 3.05) is 41.3 Å². The van der Waals surface area contributed by atoms with Gasteiger partial charge in [-0.25, -0.2) is 0 Å². The zero-order chi connectivity index (χ0) is 55.0. The molecule has 3 saturated heterocycles. The highest BCUT2D eigenvalue weighted by Gasteiger charge is 2.54. The topological polar surface area (TPSA) is 228 Å². The number of benzene rings is 1. The molecular formula is C56H83N3O16. The van der Waals surface area contributed by atoms with Gasteiger partial charge < -0.3 is 67.4 Å². The number of aliphatic hydroxyl groups is 2. The van der Waals surface area contributed by atoms with E-state index >= 15 is 0 Å². The first kappa shape index (κ1) is 61.2. The summed E-state index contributed by atoms with van der Waals surface area (Å²) in [5, 5.41) is 24.1. The molecule has 0 bridgehead atoms. The Hall–Kier alpha value is -4.70. The van der Waals surface area contributed by atoms with Crippen LogP contribution < -0.4 is 0 Å². The SMILES string of the molecule is CCC(=O)O[C@@H]1CC(=O)O[C@@H](CC=Cc2cccc(-c3ccncc3)c2)CCCN(C)C[C@H](O)[C@H](C)C[C@H](CC=O)[C@H](O[C@@H]2OC(C)[C@@H](O[C@H]3CC(C)(OC(C)=O)[C@@H](OC(=O)CC)C(C)O3)C(N(C)C)C2O)[C@H]1OC. The third-order valence-electron chi connectivity index (χ3n) is 14.4. The lowest BCUT2D eigenvalue weighted by Gasteiger charge is -2.50. The number of ether oxygens (including phenoxy) is 9. The van der Waals surface area contributed by atoms with Crippen molar-refractivity contribution in [3.8, 4) is 11.1 Å². The van der Waals surface area contributed by atoms with Gasteiger partial charge in [0.25, 0.3) is 0 Å². The highest BCUT2D eigenvalue weighted by molar-refractivity contribution is 5.73. The number of carbonyl (C=O) groups excluding carboxylic acids is 5. The van der Waals surface area contributed by atoms with Crippen LogP contribution in [0.5, 0.6) is 0 Å². The van der Waals surface area contributed by atoms with E-state index in [1.807, 2.05) is 61.4 Å². The summed E-state index contributed by atoms with van der Waals surface area (Å²) in [6.07, 6.45) is -2.92. The second-order valence-electron chi connectivity index (χ2n) is 20.7. The van der Waals surface area contributed by atoms with Crippen molar-refractivity contribution < 1.29 is 76.8 Å². The maximum atomic E-state index is 14.3. The van der Waals surface area contributed by atoms with Crippen LogP contribution in [0.4, 0.5) is 0 Å². The molecule has 4 heterocycles. The Morgan fingerprint density at radius 2 is 1.64 bits per heavy atom. The fraction of sp³-hybridized carbons (Fsp3) is 0.679. The van der Waals surface area contributed by atoms with E-state index in [9.17, 15) is 34.2 Å². The lowest BCUT2D eigenvalue weighted by Crippen LogP contribution is -2.66. The number of likely N-dealkylation sites (N-methyl/N-ethyl adjacent to an activating group) is 2. The molecule has 3 aliphatic heterocycles. The minimum Gasteiger partial charge on any atom is -0.462 e. The van der Waals surface area contributed by atoms with Crippen molar-refractivity contribution in [1.82, 2.24) is 14.8 Å². The van der Waals surface area contributed by atoms with Crippen LogP contribution in [0, 0.1) is 11.8 Å². The molecule has 1 aromatic carbocycles. The molecule has 1 aromatic heterocycles. The summed E-state index contributed by atoms with van der Waals surface area (Å²) >= 11 is 0. The van der Waals surface area contributed by atoms with E-state index in [-0.39, 0.29) is 32.1 Å². The average molecular weight is 1050 g/mol. The minimum absolute atomic E-state index is 0.0253. The summed E-state index contributed by atoms with van der Waals surface area (Å²) in [5.41, 5.74) is 1.69. The Labute approximate surface area is 442 Å². The number of nitrogens with zero attached hydrogens (tertiary/aromatic N) is 3. The van der Waals surface area contributed by atoms with Gasteiger partial charge in [-0.05, 0) is 114 Å². The molecule has 19 nitrogen and oxygen atoms in total. The maximum Gasteiger partial charge on any atom is 0.309 e. The van der Waals surface area contributed by atoms with Gasteiger partial charge in [-0.1, -0.05) is 51.1 Å². The molecule has 5 rings (SSSR count). The van der Waals surface area contributed by atoms with Crippen LogP contribution in [0.1, 0.15) is 112 Å². The summed E-state index contributed by atoms with van der Waals surface area (Å²) in [6.45, 7) is 12.4. The van der Waals surface area contributed by atoms with E-state index in [0.717, 1.165) is 23.0 Å². The predicted molar refractivity (Wildman–Crippen MR) is 276 cm³/mol. The maximum absolute atomic E-state index is 14.3. The van der Waals surface area contributed by atoms with Crippen LogP contribution in [-0.2, 0) is 66.6 Å². The molecule has 2 aromatic rings. The van der Waals surface area contributed by atoms with Gasteiger partial charge in [0.15, 0.2) is 24.3 Å². The molecule has 0 amide bonds. The molecule has 2 N–H and O–H groups in total. The fourth-order valence-electron chi connectivity index (χ4n) is 10.6. The van der Waals surface area contributed by atoms with E-state index in [4.69, 9.17) is 42.6 Å². The number of cyclic esters (lactones) is 1. The second kappa shape index (κ2) is 29.2. The minimum atomic E-state index is -1.44. The van der Waals surface area contributed by atoms with Gasteiger partial charge in [-0.15, -0.1) is 0 Å². The first-order valence-electron chi connectivity index (χ1n) is 26.4. The van der Waals surface area contributed by atoms with E-state index in [2.05, 4.69) is 11.1 Å². The highest BCUT2D eigenvalue weighted by atomic mass is 16.7. The monoisotopic (exact) mass is 1050 g/mol. The molecule has 418 valence electrons. The Bertz CT molecular complexity index is 2160. The fourth-order valence-corrected chi connectivity index (χ4v) is 10.6. The van der Waals surface area contributed by atoms with Crippen molar-refractivity contribution in [2.45, 2.75) is 192 Å². The molecule has 0 aliphatic carbocycles. The molecule has 3 aliphatic rings. The van der Waals surface area contributed by atoms with E-state index in [1.54, 1.807) is 66.0 Å². The predicted octanol–water partition coefficient (Wildman–Crippen LogP) is 5.69. The number of hydrogen-bond donors (Lipinski definition) is 2. The van der Waals surface area contributed by atoms with Gasteiger partial charge in [-0.2, -0.15) is 0 Å². The lowest BCUT2D eigenvalue weighted by molar-refractivity contribution is -0.344. The van der Waals surface area contributed by atoms with Crippen LogP contribution in [-0.4, -0.2) is 182 Å². The molecule has 16 atom stereocenters. The first-order chi connectivity index (χ1) is 35.7. The van der Waals surface area contributed by atoms with Gasteiger partial charge >= 0.3 is 23.9 Å². The summed E-state index contributed by atoms with van der Waals surface area (Å²) in [4.78, 5) is 73.0. The van der Waals surface area contributed by atoms with Crippen LogP contribution in [0.25, 0.3) is 17.2 Å². The van der Waals surface area contributed by atoms with E-state index < -0.39 is 127 Å². The molecule has 5 unspecified atom stereocenters. The number of aromatic nitrogens is 1. The summed E-state index contributed by atoms with van der Waals surface area (Å²) in [5.74, 6) is -3.47. The van der Waals surface area contributed by atoms with Crippen LogP contribution in [0.3, 0.4) is 0 Å². The van der Waals surface area contributed by atoms with Crippen molar-refractivity contribution >= 4 is 36.2 Å². The molecule has 0 radical (unpaired) electrons. The molecule has 0 spiro atoms. The third kappa shape index (κ3) is 17.4. The van der Waals surface area contributed by atoms with Gasteiger partial charge in [0.2, 0.25) is 0 Å². The number of hydrogen-bond acceptors (Lipinski definition) is 19. The smallest absolute Gasteiger partial charge is 0.309 e. The average Bonchev–Trinajstić information content (AvgIpc) is 3.35. The van der Waals surface area contributed by atoms with Gasteiger partial charge in [0.05, 0.1) is 36.9 Å². The van der Waals surface area contributed by atoms with Crippen LogP contribution in [0.2, 0.25) is 0 Å². The van der Waals surface area contributed by atoms with Gasteiger partial charge in [0, 0.05) is 65.1 Å². The summed E-state index contributed by atoms with van der Waals surface area (Å²) in [7, 11) is 6.81. The second-order valence-corrected chi connectivity index (χ2v) is 20.7. The lowest BCUT2D eigenvalue weighted by atomic mass is 9.82. The number of aldehydes is 1. The molecular weight excluding hydrogens is 971 g/mol. The summed E-state index contributed by atoms with van der Waals surface area (Å²) in [6, 6.07) is 11.1. The number of pyridine rings is 1. The third-order valence-corrected chi connectivity index (χ3v) is 14.4.